The number of aliphatic carboxylic acids is 1. The van der Waals surface area contributed by atoms with Gasteiger partial charge in [-0.15, -0.1) is 0 Å². The number of rotatable bonds is 4. The van der Waals surface area contributed by atoms with Gasteiger partial charge in [0.25, 0.3) is 0 Å². The van der Waals surface area contributed by atoms with Crippen molar-refractivity contribution in [2.75, 3.05) is 7.11 Å². The van der Waals surface area contributed by atoms with Gasteiger partial charge in [0.2, 0.25) is 0 Å². The van der Waals surface area contributed by atoms with Crippen LogP contribution in [0.3, 0.4) is 0 Å². The van der Waals surface area contributed by atoms with Crippen LogP contribution in [0.25, 0.3) is 11.4 Å². The molecule has 2 N–H and O–H groups in total. The van der Waals surface area contributed by atoms with E-state index in [1.165, 1.54) is 14.0 Å². The predicted molar refractivity (Wildman–Crippen MR) is 67.2 cm³/mol. The molecule has 0 aliphatic rings. The first-order valence-corrected chi connectivity index (χ1v) is 5.59. The molecule has 0 aliphatic heterocycles. The maximum atomic E-state index is 11.7. The molecule has 0 aliphatic carbocycles. The minimum Gasteiger partial charge on any atom is -0.496 e. The molecular formula is C12H13N3O4. The third-order valence-electron chi connectivity index (χ3n) is 2.80. The molecule has 0 bridgehead atoms. The number of methoxy groups -OCH3 is 1. The molecule has 1 atom stereocenters. The summed E-state index contributed by atoms with van der Waals surface area (Å²) in [6.07, 6.45) is 0. The van der Waals surface area contributed by atoms with Gasteiger partial charge in [0.1, 0.15) is 11.8 Å². The Bertz CT molecular complexity index is 659. The fourth-order valence-corrected chi connectivity index (χ4v) is 1.79. The van der Waals surface area contributed by atoms with Crippen molar-refractivity contribution in [3.8, 4) is 17.1 Å². The van der Waals surface area contributed by atoms with E-state index in [9.17, 15) is 9.59 Å². The molecule has 1 aromatic carbocycles. The Morgan fingerprint density at radius 1 is 1.47 bits per heavy atom. The van der Waals surface area contributed by atoms with E-state index in [0.717, 1.165) is 4.57 Å². The highest BCUT2D eigenvalue weighted by atomic mass is 16.5. The van der Waals surface area contributed by atoms with E-state index in [0.29, 0.717) is 11.3 Å². The Morgan fingerprint density at radius 2 is 2.16 bits per heavy atom. The zero-order valence-corrected chi connectivity index (χ0v) is 10.5. The van der Waals surface area contributed by atoms with Gasteiger partial charge >= 0.3 is 11.7 Å². The minimum absolute atomic E-state index is 0.234. The minimum atomic E-state index is -1.11. The number of carbonyl (C=O) groups is 1. The average molecular weight is 263 g/mol. The highest BCUT2D eigenvalue weighted by Gasteiger charge is 2.22. The maximum absolute atomic E-state index is 11.7. The number of carboxylic acid groups (broad SMARTS) is 1. The summed E-state index contributed by atoms with van der Waals surface area (Å²) in [6.45, 7) is 1.41. The molecule has 100 valence electrons. The number of para-hydroxylation sites is 1. The van der Waals surface area contributed by atoms with Crippen LogP contribution in [0.2, 0.25) is 0 Å². The third kappa shape index (κ3) is 2.22. The van der Waals surface area contributed by atoms with Crippen LogP contribution in [-0.4, -0.2) is 33.0 Å². The van der Waals surface area contributed by atoms with Gasteiger partial charge < -0.3 is 9.84 Å². The summed E-state index contributed by atoms with van der Waals surface area (Å²) in [7, 11) is 1.49. The molecule has 1 aromatic heterocycles. The first kappa shape index (κ1) is 12.9. The van der Waals surface area contributed by atoms with Crippen LogP contribution in [-0.2, 0) is 4.79 Å². The number of aromatic amines is 1. The second-order valence-electron chi connectivity index (χ2n) is 3.94. The molecule has 0 spiro atoms. The number of benzene rings is 1. The molecule has 0 saturated heterocycles. The molecule has 0 saturated carbocycles. The highest BCUT2D eigenvalue weighted by Crippen LogP contribution is 2.28. The Hall–Kier alpha value is -2.57. The predicted octanol–water partition coefficient (Wildman–Crippen LogP) is 0.893. The number of H-pyrrole nitrogens is 1. The van der Waals surface area contributed by atoms with Crippen LogP contribution in [0.5, 0.6) is 5.75 Å². The lowest BCUT2D eigenvalue weighted by Crippen LogP contribution is -2.26. The van der Waals surface area contributed by atoms with Crippen LogP contribution >= 0.6 is 0 Å². The molecule has 7 heteroatoms. The van der Waals surface area contributed by atoms with Gasteiger partial charge in [-0.3, -0.25) is 4.57 Å². The monoisotopic (exact) mass is 263 g/mol. The quantitative estimate of drug-likeness (QED) is 0.853. The molecule has 1 unspecified atom stereocenters. The summed E-state index contributed by atoms with van der Waals surface area (Å²) < 4.78 is 6.27. The van der Waals surface area contributed by atoms with Gasteiger partial charge in [-0.1, -0.05) is 12.1 Å². The van der Waals surface area contributed by atoms with Gasteiger partial charge in [0.15, 0.2) is 5.82 Å². The first-order valence-electron chi connectivity index (χ1n) is 5.59. The molecule has 0 amide bonds. The number of hydrogen-bond donors (Lipinski definition) is 2. The van der Waals surface area contributed by atoms with Crippen LogP contribution < -0.4 is 10.4 Å². The van der Waals surface area contributed by atoms with Gasteiger partial charge in [-0.25, -0.2) is 14.7 Å². The number of carboxylic acids is 1. The van der Waals surface area contributed by atoms with E-state index in [4.69, 9.17) is 9.84 Å². The lowest BCUT2D eigenvalue weighted by Gasteiger charge is -2.12. The number of nitrogens with zero attached hydrogens (tertiary/aromatic N) is 2. The van der Waals surface area contributed by atoms with Crippen molar-refractivity contribution >= 4 is 5.97 Å². The third-order valence-corrected chi connectivity index (χ3v) is 2.80. The van der Waals surface area contributed by atoms with E-state index in [1.807, 2.05) is 0 Å². The fourth-order valence-electron chi connectivity index (χ4n) is 1.79. The lowest BCUT2D eigenvalue weighted by molar-refractivity contribution is -0.140. The summed E-state index contributed by atoms with van der Waals surface area (Å²) in [5.74, 6) is -0.364. The Balaban J connectivity index is 2.64. The van der Waals surface area contributed by atoms with Crippen molar-refractivity contribution in [1.82, 2.24) is 14.8 Å². The van der Waals surface area contributed by atoms with Crippen molar-refractivity contribution in [3.05, 3.63) is 34.7 Å². The summed E-state index contributed by atoms with van der Waals surface area (Å²) in [4.78, 5) is 22.8. The molecule has 0 fully saturated rings. The van der Waals surface area contributed by atoms with Crippen molar-refractivity contribution in [2.45, 2.75) is 13.0 Å². The van der Waals surface area contributed by atoms with Gasteiger partial charge in [-0.05, 0) is 19.1 Å². The first-order chi connectivity index (χ1) is 9.06. The van der Waals surface area contributed by atoms with Gasteiger partial charge in [0.05, 0.1) is 12.7 Å². The Morgan fingerprint density at radius 3 is 2.79 bits per heavy atom. The fraction of sp³-hybridized carbons (Fsp3) is 0.250. The van der Waals surface area contributed by atoms with Crippen molar-refractivity contribution in [2.24, 2.45) is 0 Å². The summed E-state index contributed by atoms with van der Waals surface area (Å²) >= 11 is 0. The van der Waals surface area contributed by atoms with Crippen LogP contribution in [0.4, 0.5) is 0 Å². The van der Waals surface area contributed by atoms with Crippen molar-refractivity contribution < 1.29 is 14.6 Å². The van der Waals surface area contributed by atoms with E-state index in [2.05, 4.69) is 10.2 Å². The zero-order valence-electron chi connectivity index (χ0n) is 10.5. The molecule has 1 heterocycles. The summed E-state index contributed by atoms with van der Waals surface area (Å²) in [5.41, 5.74) is -0.0211. The summed E-state index contributed by atoms with van der Waals surface area (Å²) in [6, 6.07) is 5.93. The Kier molecular flexibility index (Phi) is 3.37. The summed E-state index contributed by atoms with van der Waals surface area (Å²) in [5, 5.41) is 15.2. The Labute approximate surface area is 108 Å². The van der Waals surface area contributed by atoms with E-state index in [1.54, 1.807) is 24.3 Å². The average Bonchev–Trinajstić information content (AvgIpc) is 2.79. The zero-order chi connectivity index (χ0) is 14.0. The largest absolute Gasteiger partial charge is 0.496 e. The van der Waals surface area contributed by atoms with Crippen LogP contribution in [0.15, 0.2) is 29.1 Å². The molecule has 2 aromatic rings. The molecular weight excluding hydrogens is 250 g/mol. The number of ether oxygens (including phenoxy) is 1. The topological polar surface area (TPSA) is 97.2 Å². The maximum Gasteiger partial charge on any atom is 0.344 e. The SMILES string of the molecule is COc1ccccc1-c1n[nH]c(=O)n1C(C)C(=O)O. The number of hydrogen-bond acceptors (Lipinski definition) is 4. The van der Waals surface area contributed by atoms with Crippen LogP contribution in [0, 0.1) is 0 Å². The standard InChI is InChI=1S/C12H13N3O4/c1-7(11(16)17)15-10(13-14-12(15)18)8-5-3-4-6-9(8)19-2/h3-7H,1-2H3,(H,14,18)(H,16,17). The van der Waals surface area contributed by atoms with Crippen molar-refractivity contribution in [1.29, 1.82) is 0 Å². The van der Waals surface area contributed by atoms with E-state index < -0.39 is 17.7 Å². The highest BCUT2D eigenvalue weighted by molar-refractivity contribution is 5.73. The molecule has 7 nitrogen and oxygen atoms in total. The second kappa shape index (κ2) is 4.97. The second-order valence-corrected chi connectivity index (χ2v) is 3.94. The smallest absolute Gasteiger partial charge is 0.344 e. The molecule has 2 rings (SSSR count). The van der Waals surface area contributed by atoms with E-state index in [-0.39, 0.29) is 5.82 Å². The molecule has 19 heavy (non-hydrogen) atoms. The number of aromatic nitrogens is 3. The lowest BCUT2D eigenvalue weighted by atomic mass is 10.2. The van der Waals surface area contributed by atoms with Gasteiger partial charge in [0, 0.05) is 0 Å². The normalized spacial score (nSPS) is 12.1. The molecule has 0 radical (unpaired) electrons. The van der Waals surface area contributed by atoms with Crippen molar-refractivity contribution in [3.63, 3.8) is 0 Å². The van der Waals surface area contributed by atoms with E-state index >= 15 is 0 Å². The van der Waals surface area contributed by atoms with Crippen LogP contribution in [0.1, 0.15) is 13.0 Å². The number of nitrogens with one attached hydrogen (secondary N) is 1. The van der Waals surface area contributed by atoms with Gasteiger partial charge in [-0.2, -0.15) is 5.10 Å².